The number of benzene rings is 2. The third-order valence-corrected chi connectivity index (χ3v) is 4.86. The fourth-order valence-corrected chi connectivity index (χ4v) is 3.31. The van der Waals surface area contributed by atoms with Crippen LogP contribution in [0.15, 0.2) is 64.0 Å². The number of aromatic nitrogens is 1. The van der Waals surface area contributed by atoms with Crippen LogP contribution in [0.3, 0.4) is 0 Å². The lowest BCUT2D eigenvalue weighted by Gasteiger charge is -2.08. The molecule has 0 spiro atoms. The molecule has 23 heavy (non-hydrogen) atoms. The van der Waals surface area contributed by atoms with Crippen LogP contribution in [0.2, 0.25) is 0 Å². The molecule has 0 radical (unpaired) electrons. The average molecular weight is 328 g/mol. The second-order valence-electron chi connectivity index (χ2n) is 5.27. The highest BCUT2D eigenvalue weighted by Crippen LogP contribution is 2.25. The number of sulfonamides is 1. The maximum absolute atomic E-state index is 12.3. The minimum Gasteiger partial charge on any atom is -0.360 e. The molecular weight excluding hydrogens is 312 g/mol. The lowest BCUT2D eigenvalue weighted by Crippen LogP contribution is -2.13. The van der Waals surface area contributed by atoms with E-state index in [4.69, 9.17) is 4.52 Å². The van der Waals surface area contributed by atoms with E-state index in [-0.39, 0.29) is 10.7 Å². The van der Waals surface area contributed by atoms with Crippen molar-refractivity contribution in [3.8, 4) is 11.1 Å². The molecule has 3 aromatic rings. The van der Waals surface area contributed by atoms with Crippen LogP contribution in [0.1, 0.15) is 11.3 Å². The summed E-state index contributed by atoms with van der Waals surface area (Å²) in [6.07, 6.45) is 0. The second kappa shape index (κ2) is 5.89. The Morgan fingerprint density at radius 3 is 2.30 bits per heavy atom. The van der Waals surface area contributed by atoms with Gasteiger partial charge >= 0.3 is 0 Å². The van der Waals surface area contributed by atoms with Gasteiger partial charge in [0.15, 0.2) is 5.82 Å². The van der Waals surface area contributed by atoms with Crippen molar-refractivity contribution in [1.82, 2.24) is 5.16 Å². The van der Waals surface area contributed by atoms with Crippen LogP contribution in [0.5, 0.6) is 0 Å². The number of aryl methyl sites for hydroxylation is 2. The van der Waals surface area contributed by atoms with Gasteiger partial charge in [0.25, 0.3) is 10.0 Å². The topological polar surface area (TPSA) is 72.2 Å². The van der Waals surface area contributed by atoms with Gasteiger partial charge in [0.2, 0.25) is 0 Å². The molecule has 2 aromatic carbocycles. The number of hydrogen-bond donors (Lipinski definition) is 1. The van der Waals surface area contributed by atoms with Crippen molar-refractivity contribution in [2.45, 2.75) is 18.7 Å². The monoisotopic (exact) mass is 328 g/mol. The molecule has 6 heteroatoms. The second-order valence-corrected chi connectivity index (χ2v) is 6.95. The molecule has 0 atom stereocenters. The Labute approximate surface area is 135 Å². The van der Waals surface area contributed by atoms with Crippen LogP contribution in [0, 0.1) is 13.8 Å². The van der Waals surface area contributed by atoms with Crippen LogP contribution in [0.25, 0.3) is 11.1 Å². The molecule has 3 rings (SSSR count). The van der Waals surface area contributed by atoms with Gasteiger partial charge in [-0.15, -0.1) is 0 Å². The molecule has 1 heterocycles. The lowest BCUT2D eigenvalue weighted by atomic mass is 10.0. The maximum atomic E-state index is 12.3. The summed E-state index contributed by atoms with van der Waals surface area (Å²) < 4.78 is 31.9. The van der Waals surface area contributed by atoms with Crippen LogP contribution in [0.4, 0.5) is 5.82 Å². The molecule has 0 unspecified atom stereocenters. The Morgan fingerprint density at radius 2 is 1.70 bits per heavy atom. The summed E-state index contributed by atoms with van der Waals surface area (Å²) in [5, 5.41) is 3.64. The van der Waals surface area contributed by atoms with Crippen LogP contribution < -0.4 is 4.72 Å². The van der Waals surface area contributed by atoms with Crippen LogP contribution in [-0.4, -0.2) is 13.6 Å². The van der Waals surface area contributed by atoms with Gasteiger partial charge in [-0.3, -0.25) is 4.72 Å². The molecule has 0 bridgehead atoms. The van der Waals surface area contributed by atoms with Gasteiger partial charge in [-0.1, -0.05) is 41.6 Å². The van der Waals surface area contributed by atoms with Crippen molar-refractivity contribution in [2.24, 2.45) is 0 Å². The minimum absolute atomic E-state index is 0.172. The van der Waals surface area contributed by atoms with Crippen molar-refractivity contribution in [1.29, 1.82) is 0 Å². The summed E-state index contributed by atoms with van der Waals surface area (Å²) in [4.78, 5) is 0.176. The third-order valence-electron chi connectivity index (χ3n) is 3.49. The van der Waals surface area contributed by atoms with Gasteiger partial charge in [0.05, 0.1) is 4.90 Å². The first kappa shape index (κ1) is 15.3. The normalized spacial score (nSPS) is 11.4. The SMILES string of the molecule is Cc1cc(NS(=O)(=O)c2ccc(-c3ccccc3C)cc2)no1. The van der Waals surface area contributed by atoms with E-state index in [9.17, 15) is 8.42 Å². The first-order chi connectivity index (χ1) is 11.0. The van der Waals surface area contributed by atoms with Crippen molar-refractivity contribution in [2.75, 3.05) is 4.72 Å². The van der Waals surface area contributed by atoms with Crippen molar-refractivity contribution >= 4 is 15.8 Å². The highest BCUT2D eigenvalue weighted by Gasteiger charge is 2.16. The van der Waals surface area contributed by atoms with E-state index in [2.05, 4.69) is 9.88 Å². The number of nitrogens with zero attached hydrogens (tertiary/aromatic N) is 1. The van der Waals surface area contributed by atoms with Gasteiger partial charge in [-0.2, -0.15) is 0 Å². The lowest BCUT2D eigenvalue weighted by molar-refractivity contribution is 0.400. The van der Waals surface area contributed by atoms with Gasteiger partial charge in [-0.25, -0.2) is 8.42 Å². The first-order valence-corrected chi connectivity index (χ1v) is 8.56. The summed E-state index contributed by atoms with van der Waals surface area (Å²) in [6, 6.07) is 16.2. The highest BCUT2D eigenvalue weighted by molar-refractivity contribution is 7.92. The number of hydrogen-bond acceptors (Lipinski definition) is 4. The van der Waals surface area contributed by atoms with Crippen molar-refractivity contribution in [3.05, 3.63) is 65.9 Å². The Kier molecular flexibility index (Phi) is 3.92. The molecule has 5 nitrogen and oxygen atoms in total. The van der Waals surface area contributed by atoms with Gasteiger partial charge in [0.1, 0.15) is 5.76 Å². The van der Waals surface area contributed by atoms with Gasteiger partial charge in [-0.05, 0) is 42.7 Å². The van der Waals surface area contributed by atoms with E-state index in [1.807, 2.05) is 31.2 Å². The van der Waals surface area contributed by atoms with E-state index < -0.39 is 10.0 Å². The molecule has 0 amide bonds. The smallest absolute Gasteiger partial charge is 0.263 e. The summed E-state index contributed by atoms with van der Waals surface area (Å²) in [5.41, 5.74) is 3.19. The minimum atomic E-state index is -3.68. The van der Waals surface area contributed by atoms with Crippen LogP contribution >= 0.6 is 0 Å². The number of rotatable bonds is 4. The zero-order chi connectivity index (χ0) is 16.4. The summed E-state index contributed by atoms with van der Waals surface area (Å²) >= 11 is 0. The van der Waals surface area contributed by atoms with E-state index >= 15 is 0 Å². The molecule has 0 saturated carbocycles. The molecular formula is C17H16N2O3S. The Bertz CT molecular complexity index is 928. The fourth-order valence-electron chi connectivity index (χ4n) is 2.32. The quantitative estimate of drug-likeness (QED) is 0.791. The molecule has 0 aliphatic rings. The summed E-state index contributed by atoms with van der Waals surface area (Å²) in [6.45, 7) is 3.72. The van der Waals surface area contributed by atoms with E-state index in [1.54, 1.807) is 31.2 Å². The van der Waals surface area contributed by atoms with Crippen molar-refractivity contribution < 1.29 is 12.9 Å². The largest absolute Gasteiger partial charge is 0.360 e. The maximum Gasteiger partial charge on any atom is 0.263 e. The van der Waals surface area contributed by atoms with Gasteiger partial charge in [0, 0.05) is 6.07 Å². The molecule has 1 aromatic heterocycles. The van der Waals surface area contributed by atoms with E-state index in [0.29, 0.717) is 5.76 Å². The van der Waals surface area contributed by atoms with E-state index in [1.165, 1.54) is 6.07 Å². The molecule has 118 valence electrons. The molecule has 0 fully saturated rings. The molecule has 0 aliphatic heterocycles. The fraction of sp³-hybridized carbons (Fsp3) is 0.118. The zero-order valence-electron chi connectivity index (χ0n) is 12.8. The summed E-state index contributed by atoms with van der Waals surface area (Å²) in [7, 11) is -3.68. The zero-order valence-corrected chi connectivity index (χ0v) is 13.6. The molecule has 0 saturated heterocycles. The van der Waals surface area contributed by atoms with E-state index in [0.717, 1.165) is 16.7 Å². The van der Waals surface area contributed by atoms with Gasteiger partial charge < -0.3 is 4.52 Å². The number of nitrogens with one attached hydrogen (secondary N) is 1. The standard InChI is InChI=1S/C17H16N2O3S/c1-12-5-3-4-6-16(12)14-7-9-15(10-8-14)23(20,21)19-17-11-13(2)22-18-17/h3-11H,1-2H3,(H,18,19). The predicted molar refractivity (Wildman–Crippen MR) is 88.7 cm³/mol. The molecule has 1 N–H and O–H groups in total. The predicted octanol–water partition coefficient (Wildman–Crippen LogP) is 3.76. The Morgan fingerprint density at radius 1 is 1.00 bits per heavy atom. The first-order valence-electron chi connectivity index (χ1n) is 7.08. The Balaban J connectivity index is 1.88. The number of anilines is 1. The third kappa shape index (κ3) is 3.27. The highest BCUT2D eigenvalue weighted by atomic mass is 32.2. The molecule has 0 aliphatic carbocycles. The van der Waals surface area contributed by atoms with Crippen molar-refractivity contribution in [3.63, 3.8) is 0 Å². The average Bonchev–Trinajstić information content (AvgIpc) is 2.92. The van der Waals surface area contributed by atoms with Crippen LogP contribution in [-0.2, 0) is 10.0 Å². The Hall–Kier alpha value is -2.60. The summed E-state index contributed by atoms with van der Waals surface area (Å²) in [5.74, 6) is 0.711.